The van der Waals surface area contributed by atoms with Crippen LogP contribution in [0, 0.1) is 6.92 Å². The number of aryl methyl sites for hydroxylation is 2. The lowest BCUT2D eigenvalue weighted by Crippen LogP contribution is -1.96. The molecule has 5 aromatic rings. The van der Waals surface area contributed by atoms with Gasteiger partial charge >= 0.3 is 0 Å². The van der Waals surface area contributed by atoms with Crippen molar-refractivity contribution in [1.29, 1.82) is 0 Å². The van der Waals surface area contributed by atoms with Gasteiger partial charge in [-0.05, 0) is 43.3 Å². The Morgan fingerprint density at radius 1 is 0.655 bits per heavy atom. The lowest BCUT2D eigenvalue weighted by Gasteiger charge is -2.11. The van der Waals surface area contributed by atoms with Gasteiger partial charge in [0, 0.05) is 27.1 Å². The first-order chi connectivity index (χ1) is 14.0. The molecule has 0 aliphatic heterocycles. The molecule has 2 aromatic heterocycles. The van der Waals surface area contributed by atoms with Crippen molar-refractivity contribution in [3.8, 4) is 22.5 Å². The molecule has 3 aromatic carbocycles. The Balaban J connectivity index is 1.83. The van der Waals surface area contributed by atoms with E-state index in [1.807, 2.05) is 44.3 Å². The van der Waals surface area contributed by atoms with Crippen LogP contribution in [0.4, 0.5) is 0 Å². The molecule has 4 nitrogen and oxygen atoms in total. The van der Waals surface area contributed by atoms with Gasteiger partial charge in [-0.2, -0.15) is 0 Å². The average Bonchev–Trinajstić information content (AvgIpc) is 3.00. The Kier molecular flexibility index (Phi) is 4.48. The predicted molar refractivity (Wildman–Crippen MR) is 125 cm³/mol. The van der Waals surface area contributed by atoms with Gasteiger partial charge < -0.3 is 4.57 Å². The Labute approximate surface area is 184 Å². The molecule has 142 valence electrons. The van der Waals surface area contributed by atoms with Crippen LogP contribution in [-0.2, 0) is 7.05 Å². The van der Waals surface area contributed by atoms with Crippen LogP contribution in [-0.4, -0.2) is 19.5 Å². The van der Waals surface area contributed by atoms with E-state index in [2.05, 4.69) is 71.7 Å². The highest BCUT2D eigenvalue weighted by Crippen LogP contribution is 2.33. The van der Waals surface area contributed by atoms with Crippen LogP contribution in [0.5, 0.6) is 0 Å². The second kappa shape index (κ2) is 7.04. The number of aromatic nitrogens is 4. The van der Waals surface area contributed by atoms with E-state index < -0.39 is 0 Å². The highest BCUT2D eigenvalue weighted by atomic mass is 79.9. The summed E-state index contributed by atoms with van der Waals surface area (Å²) in [6, 6.07) is 20.5. The minimum Gasteiger partial charge on any atom is -0.331 e. The number of halogens is 2. The largest absolute Gasteiger partial charge is 0.331 e. The number of imidazole rings is 1. The topological polar surface area (TPSA) is 43.6 Å². The van der Waals surface area contributed by atoms with Gasteiger partial charge in [0.1, 0.15) is 5.82 Å². The first-order valence-corrected chi connectivity index (χ1v) is 10.7. The molecule has 0 aliphatic rings. The Hall–Kier alpha value is -2.57. The maximum Gasteiger partial charge on any atom is 0.106 e. The van der Waals surface area contributed by atoms with E-state index in [1.165, 1.54) is 0 Å². The van der Waals surface area contributed by atoms with Crippen LogP contribution in [0.2, 0.25) is 0 Å². The van der Waals surface area contributed by atoms with Gasteiger partial charge in [0.25, 0.3) is 0 Å². The first-order valence-electron chi connectivity index (χ1n) is 9.16. The molecule has 6 heteroatoms. The monoisotopic (exact) mass is 506 g/mol. The number of rotatable bonds is 2. The van der Waals surface area contributed by atoms with E-state index in [9.17, 15) is 0 Å². The second-order valence-corrected chi connectivity index (χ2v) is 8.81. The molecule has 0 saturated heterocycles. The number of benzene rings is 3. The summed E-state index contributed by atoms with van der Waals surface area (Å²) in [6.45, 7) is 2.01. The van der Waals surface area contributed by atoms with Crippen LogP contribution in [0.25, 0.3) is 44.6 Å². The molecular weight excluding hydrogens is 492 g/mol. The summed E-state index contributed by atoms with van der Waals surface area (Å²) in [5.74, 6) is 0.969. The highest BCUT2D eigenvalue weighted by molar-refractivity contribution is 9.10. The quantitative estimate of drug-likeness (QED) is 0.267. The lowest BCUT2D eigenvalue weighted by atomic mass is 10.0. The number of hydrogen-bond donors (Lipinski definition) is 0. The van der Waals surface area contributed by atoms with E-state index in [4.69, 9.17) is 9.97 Å². The van der Waals surface area contributed by atoms with Crippen molar-refractivity contribution in [2.75, 3.05) is 0 Å². The number of hydrogen-bond acceptors (Lipinski definition) is 3. The molecule has 0 amide bonds. The smallest absolute Gasteiger partial charge is 0.106 e. The fraction of sp³-hybridized carbons (Fsp3) is 0.0870. The van der Waals surface area contributed by atoms with Crippen LogP contribution < -0.4 is 0 Å². The van der Waals surface area contributed by atoms with Crippen molar-refractivity contribution in [2.45, 2.75) is 6.92 Å². The maximum absolute atomic E-state index is 5.04. The van der Waals surface area contributed by atoms with Crippen LogP contribution in [0.15, 0.2) is 69.6 Å². The summed E-state index contributed by atoms with van der Waals surface area (Å²) < 4.78 is 4.15. The molecule has 0 fully saturated rings. The summed E-state index contributed by atoms with van der Waals surface area (Å²) in [5.41, 5.74) is 7.48. The van der Waals surface area contributed by atoms with E-state index >= 15 is 0 Å². The summed E-state index contributed by atoms with van der Waals surface area (Å²) >= 11 is 7.03. The molecule has 2 heterocycles. The van der Waals surface area contributed by atoms with Crippen LogP contribution in [0.1, 0.15) is 5.82 Å². The molecule has 0 unspecified atom stereocenters. The summed E-state index contributed by atoms with van der Waals surface area (Å²) in [4.78, 5) is 14.7. The van der Waals surface area contributed by atoms with Crippen molar-refractivity contribution in [3.05, 3.63) is 75.4 Å². The Morgan fingerprint density at radius 2 is 1.14 bits per heavy atom. The first kappa shape index (κ1) is 18.5. The van der Waals surface area contributed by atoms with Gasteiger partial charge in [0.2, 0.25) is 0 Å². The standard InChI is InChI=1S/C23H16Br2N4/c1-13-26-20-11-18-19(12-21(20)29(13)2)28-23(15-5-9-17(25)10-6-15)22(27-18)14-3-7-16(24)8-4-14/h3-12H,1-2H3. The zero-order chi connectivity index (χ0) is 20.1. The van der Waals surface area contributed by atoms with Crippen molar-refractivity contribution in [3.63, 3.8) is 0 Å². The van der Waals surface area contributed by atoms with Crippen molar-refractivity contribution in [1.82, 2.24) is 19.5 Å². The summed E-state index contributed by atoms with van der Waals surface area (Å²) in [7, 11) is 2.02. The van der Waals surface area contributed by atoms with Gasteiger partial charge in [0.15, 0.2) is 0 Å². The normalized spacial score (nSPS) is 11.4. The average molecular weight is 508 g/mol. The van der Waals surface area contributed by atoms with Gasteiger partial charge in [-0.15, -0.1) is 0 Å². The van der Waals surface area contributed by atoms with E-state index in [0.29, 0.717) is 0 Å². The maximum atomic E-state index is 5.04. The molecule has 0 saturated carbocycles. The zero-order valence-electron chi connectivity index (χ0n) is 15.8. The Bertz CT molecular complexity index is 1370. The van der Waals surface area contributed by atoms with Gasteiger partial charge in [0.05, 0.1) is 33.5 Å². The fourth-order valence-electron chi connectivity index (χ4n) is 3.48. The molecule has 0 atom stereocenters. The molecule has 29 heavy (non-hydrogen) atoms. The van der Waals surface area contributed by atoms with Crippen LogP contribution >= 0.6 is 31.9 Å². The zero-order valence-corrected chi connectivity index (χ0v) is 19.0. The van der Waals surface area contributed by atoms with E-state index in [0.717, 1.165) is 59.4 Å². The molecule has 0 N–H and O–H groups in total. The third-order valence-corrected chi connectivity index (χ3v) is 6.18. The van der Waals surface area contributed by atoms with Crippen molar-refractivity contribution >= 4 is 53.9 Å². The number of nitrogens with zero attached hydrogens (tertiary/aromatic N) is 4. The summed E-state index contributed by atoms with van der Waals surface area (Å²) in [6.07, 6.45) is 0. The van der Waals surface area contributed by atoms with Crippen molar-refractivity contribution < 1.29 is 0 Å². The predicted octanol–water partition coefficient (Wildman–Crippen LogP) is 6.68. The van der Waals surface area contributed by atoms with Crippen LogP contribution in [0.3, 0.4) is 0 Å². The molecule has 0 bridgehead atoms. The second-order valence-electron chi connectivity index (χ2n) is 6.98. The van der Waals surface area contributed by atoms with E-state index in [-0.39, 0.29) is 0 Å². The molecular formula is C23H16Br2N4. The van der Waals surface area contributed by atoms with Gasteiger partial charge in [-0.3, -0.25) is 0 Å². The third-order valence-electron chi connectivity index (χ3n) is 5.12. The molecule has 5 rings (SSSR count). The third kappa shape index (κ3) is 3.26. The lowest BCUT2D eigenvalue weighted by molar-refractivity contribution is 0.886. The minimum absolute atomic E-state index is 0.842. The number of fused-ring (bicyclic) bond motifs is 2. The highest BCUT2D eigenvalue weighted by Gasteiger charge is 2.15. The molecule has 0 aliphatic carbocycles. The van der Waals surface area contributed by atoms with Gasteiger partial charge in [-0.25, -0.2) is 15.0 Å². The minimum atomic E-state index is 0.842. The Morgan fingerprint density at radius 3 is 1.66 bits per heavy atom. The fourth-order valence-corrected chi connectivity index (χ4v) is 4.01. The molecule has 0 radical (unpaired) electrons. The SMILES string of the molecule is Cc1nc2cc3nc(-c4ccc(Br)cc4)c(-c4ccc(Br)cc4)nc3cc2n1C. The summed E-state index contributed by atoms with van der Waals surface area (Å²) in [5, 5.41) is 0. The molecule has 0 spiro atoms. The van der Waals surface area contributed by atoms with Crippen molar-refractivity contribution in [2.24, 2.45) is 7.05 Å². The van der Waals surface area contributed by atoms with E-state index in [1.54, 1.807) is 0 Å². The van der Waals surface area contributed by atoms with Gasteiger partial charge in [-0.1, -0.05) is 56.1 Å².